The third-order valence-corrected chi connectivity index (χ3v) is 2.18. The Morgan fingerprint density at radius 2 is 2.21 bits per heavy atom. The highest BCUT2D eigenvalue weighted by molar-refractivity contribution is 6.15. The highest BCUT2D eigenvalue weighted by Gasteiger charge is 2.15. The summed E-state index contributed by atoms with van der Waals surface area (Å²) in [6.45, 7) is 0.408. The lowest BCUT2D eigenvalue weighted by molar-refractivity contribution is -0.112. The lowest BCUT2D eigenvalue weighted by Gasteiger charge is -1.95. The molecule has 1 aliphatic heterocycles. The number of hydrogen-bond acceptors (Lipinski definition) is 3. The van der Waals surface area contributed by atoms with E-state index in [-0.39, 0.29) is 11.7 Å². The number of amides is 1. The van der Waals surface area contributed by atoms with E-state index in [2.05, 4.69) is 4.99 Å². The summed E-state index contributed by atoms with van der Waals surface area (Å²) < 4.78 is 0. The molecule has 0 atom stereocenters. The second-order valence-electron chi connectivity index (χ2n) is 3.14. The number of phenols is 1. The van der Waals surface area contributed by atoms with Crippen molar-refractivity contribution in [3.63, 3.8) is 0 Å². The number of carbonyl (C=O) groups is 1. The first-order valence-corrected chi connectivity index (χ1v) is 4.37. The normalized spacial score (nSPS) is 14.1. The highest BCUT2D eigenvalue weighted by atomic mass is 16.3. The molecule has 3 N–H and O–H groups in total. The zero-order valence-corrected chi connectivity index (χ0v) is 7.53. The fourth-order valence-corrected chi connectivity index (χ4v) is 1.54. The van der Waals surface area contributed by atoms with Crippen molar-refractivity contribution in [2.75, 3.05) is 6.54 Å². The summed E-state index contributed by atoms with van der Waals surface area (Å²) in [5.74, 6) is -0.0979. The number of nitrogens with zero attached hydrogens (tertiary/aromatic N) is 1. The molecule has 0 unspecified atom stereocenters. The Hall–Kier alpha value is -1.68. The zero-order valence-electron chi connectivity index (χ0n) is 7.53. The van der Waals surface area contributed by atoms with Gasteiger partial charge in [0.05, 0.1) is 5.36 Å². The molecule has 0 aromatic heterocycles. The van der Waals surface area contributed by atoms with Crippen molar-refractivity contribution >= 4 is 11.5 Å². The van der Waals surface area contributed by atoms with Crippen LogP contribution < -0.4 is 16.3 Å². The van der Waals surface area contributed by atoms with E-state index < -0.39 is 0 Å². The van der Waals surface area contributed by atoms with Crippen LogP contribution in [-0.2, 0) is 4.79 Å². The summed E-state index contributed by atoms with van der Waals surface area (Å²) in [6, 6.07) is 4.70. The second-order valence-corrected chi connectivity index (χ2v) is 3.14. The molecule has 1 aromatic carbocycles. The first-order chi connectivity index (χ1) is 6.72. The number of benzene rings is 1. The molecule has 0 spiro atoms. The van der Waals surface area contributed by atoms with Crippen molar-refractivity contribution in [1.29, 1.82) is 0 Å². The van der Waals surface area contributed by atoms with Gasteiger partial charge in [0.2, 0.25) is 0 Å². The maximum Gasteiger partial charge on any atom is 0.274 e. The fraction of sp³-hybridized carbons (Fsp3) is 0.200. The molecular weight excluding hydrogens is 180 g/mol. The van der Waals surface area contributed by atoms with Gasteiger partial charge in [0.15, 0.2) is 0 Å². The molecule has 0 fully saturated rings. The van der Waals surface area contributed by atoms with E-state index in [1.807, 2.05) is 0 Å². The van der Waals surface area contributed by atoms with Crippen LogP contribution >= 0.6 is 0 Å². The van der Waals surface area contributed by atoms with Crippen LogP contribution in [-0.4, -0.2) is 17.6 Å². The third kappa shape index (κ3) is 1.29. The summed E-state index contributed by atoms with van der Waals surface area (Å²) in [7, 11) is 0. The molecule has 4 heteroatoms. The van der Waals surface area contributed by atoms with Crippen LogP contribution in [0.15, 0.2) is 23.2 Å². The molecule has 0 saturated carbocycles. The molecule has 1 heterocycles. The van der Waals surface area contributed by atoms with Gasteiger partial charge in [-0.05, 0) is 31.2 Å². The number of aromatic hydroxyl groups is 1. The first kappa shape index (κ1) is 8.90. The monoisotopic (exact) mass is 190 g/mol. The van der Waals surface area contributed by atoms with Crippen LogP contribution in [0.2, 0.25) is 0 Å². The van der Waals surface area contributed by atoms with Gasteiger partial charge in [-0.25, -0.2) is 4.99 Å². The smallest absolute Gasteiger partial charge is 0.274 e. The molecular formula is C10H10N2O2. The molecule has 4 nitrogen and oxygen atoms in total. The molecule has 1 aliphatic rings. The van der Waals surface area contributed by atoms with Crippen molar-refractivity contribution in [2.24, 2.45) is 10.7 Å². The van der Waals surface area contributed by atoms with E-state index in [4.69, 9.17) is 5.73 Å². The van der Waals surface area contributed by atoms with Crippen LogP contribution in [0, 0.1) is 0 Å². The van der Waals surface area contributed by atoms with Crippen LogP contribution in [0.5, 0.6) is 5.75 Å². The Bertz CT molecular complexity index is 505. The average molecular weight is 190 g/mol. The van der Waals surface area contributed by atoms with Crippen LogP contribution in [0.4, 0.5) is 0 Å². The minimum atomic E-state index is -0.240. The number of rotatable bonds is 2. The van der Waals surface area contributed by atoms with Gasteiger partial charge in [0.1, 0.15) is 5.75 Å². The molecule has 0 saturated heterocycles. The lowest BCUT2D eigenvalue weighted by atomic mass is 10.1. The van der Waals surface area contributed by atoms with E-state index in [1.165, 1.54) is 6.07 Å². The van der Waals surface area contributed by atoms with Gasteiger partial charge in [-0.3, -0.25) is 4.79 Å². The standard InChI is InChI=1S/C10H10N2O2/c11-4-3-7-8-5-6(13)1-2-9(8)12-10(7)14/h1-2,5,13H,3-4,11H2. The summed E-state index contributed by atoms with van der Waals surface area (Å²) >= 11 is 0. The Morgan fingerprint density at radius 3 is 2.93 bits per heavy atom. The molecule has 0 radical (unpaired) electrons. The molecule has 14 heavy (non-hydrogen) atoms. The summed E-state index contributed by atoms with van der Waals surface area (Å²) in [6.07, 6.45) is 0.499. The van der Waals surface area contributed by atoms with Gasteiger partial charge >= 0.3 is 0 Å². The number of phenolic OH excluding ortho intramolecular Hbond substituents is 1. The predicted molar refractivity (Wildman–Crippen MR) is 51.0 cm³/mol. The Morgan fingerprint density at radius 1 is 1.43 bits per heavy atom. The van der Waals surface area contributed by atoms with E-state index in [0.717, 1.165) is 0 Å². The van der Waals surface area contributed by atoms with Crippen LogP contribution in [0.3, 0.4) is 0 Å². The number of fused-ring (bicyclic) bond motifs is 1. The first-order valence-electron chi connectivity index (χ1n) is 4.37. The molecule has 1 aromatic rings. The minimum absolute atomic E-state index is 0.142. The Balaban J connectivity index is 2.72. The van der Waals surface area contributed by atoms with Crippen molar-refractivity contribution < 1.29 is 9.90 Å². The number of hydrogen-bond donors (Lipinski definition) is 2. The molecule has 0 bridgehead atoms. The summed E-state index contributed by atoms with van der Waals surface area (Å²) in [5.41, 5.74) is 5.98. The second kappa shape index (κ2) is 3.23. The van der Waals surface area contributed by atoms with Crippen LogP contribution in [0.25, 0.3) is 5.57 Å². The highest BCUT2D eigenvalue weighted by Crippen LogP contribution is 2.07. The van der Waals surface area contributed by atoms with Gasteiger partial charge in [0.25, 0.3) is 5.91 Å². The Kier molecular flexibility index (Phi) is 2.05. The van der Waals surface area contributed by atoms with Crippen molar-refractivity contribution in [3.8, 4) is 5.75 Å². The van der Waals surface area contributed by atoms with Gasteiger partial charge < -0.3 is 10.8 Å². The van der Waals surface area contributed by atoms with Gasteiger partial charge in [-0.1, -0.05) is 0 Å². The minimum Gasteiger partial charge on any atom is -0.508 e. The van der Waals surface area contributed by atoms with E-state index in [9.17, 15) is 9.90 Å². The van der Waals surface area contributed by atoms with Gasteiger partial charge in [0, 0.05) is 10.8 Å². The van der Waals surface area contributed by atoms with Gasteiger partial charge in [-0.15, -0.1) is 0 Å². The maximum atomic E-state index is 11.4. The predicted octanol–water partition coefficient (Wildman–Crippen LogP) is -0.949. The topological polar surface area (TPSA) is 75.7 Å². The summed E-state index contributed by atoms with van der Waals surface area (Å²) in [5, 5.41) is 10.6. The lowest BCUT2D eigenvalue weighted by Crippen LogP contribution is -2.23. The Labute approximate surface area is 80.4 Å². The average Bonchev–Trinajstić information content (AvgIpc) is 2.45. The van der Waals surface area contributed by atoms with Crippen molar-refractivity contribution in [2.45, 2.75) is 6.42 Å². The SMILES string of the molecule is NCCC1=c2cc(O)ccc2=NC1=O. The fourth-order valence-electron chi connectivity index (χ4n) is 1.54. The largest absolute Gasteiger partial charge is 0.508 e. The van der Waals surface area contributed by atoms with Crippen molar-refractivity contribution in [3.05, 3.63) is 28.8 Å². The molecule has 1 amide bonds. The molecule has 72 valence electrons. The van der Waals surface area contributed by atoms with Gasteiger partial charge in [-0.2, -0.15) is 0 Å². The maximum absolute atomic E-state index is 11.4. The molecule has 2 rings (SSSR count). The van der Waals surface area contributed by atoms with E-state index >= 15 is 0 Å². The molecule has 0 aliphatic carbocycles. The van der Waals surface area contributed by atoms with E-state index in [0.29, 0.717) is 29.1 Å². The third-order valence-electron chi connectivity index (χ3n) is 2.18. The summed E-state index contributed by atoms with van der Waals surface area (Å²) in [4.78, 5) is 15.2. The van der Waals surface area contributed by atoms with Crippen molar-refractivity contribution in [1.82, 2.24) is 0 Å². The number of nitrogens with two attached hydrogens (primary N) is 1. The van der Waals surface area contributed by atoms with Crippen LogP contribution in [0.1, 0.15) is 6.42 Å². The zero-order chi connectivity index (χ0) is 10.1. The quantitative estimate of drug-likeness (QED) is 0.631. The van der Waals surface area contributed by atoms with E-state index in [1.54, 1.807) is 12.1 Å². The number of carbonyl (C=O) groups excluding carboxylic acids is 1.